The lowest BCUT2D eigenvalue weighted by atomic mass is 9.79. The predicted molar refractivity (Wildman–Crippen MR) is 80.6 cm³/mol. The average molecular weight is 271 g/mol. The third kappa shape index (κ3) is 6.73. The van der Waals surface area contributed by atoms with Gasteiger partial charge >= 0.3 is 0 Å². The Morgan fingerprint density at radius 2 is 1.79 bits per heavy atom. The van der Waals surface area contributed by atoms with Crippen LogP contribution in [0.5, 0.6) is 0 Å². The zero-order valence-electron chi connectivity index (χ0n) is 13.6. The maximum atomic E-state index is 6.27. The van der Waals surface area contributed by atoms with Gasteiger partial charge in [-0.15, -0.1) is 0 Å². The summed E-state index contributed by atoms with van der Waals surface area (Å²) >= 11 is 0. The molecular weight excluding hydrogens is 238 g/mol. The maximum absolute atomic E-state index is 6.27. The van der Waals surface area contributed by atoms with Crippen molar-refractivity contribution in [2.45, 2.75) is 70.9 Å². The number of hydrogen-bond acceptors (Lipinski definition) is 3. The van der Waals surface area contributed by atoms with Crippen LogP contribution in [0.3, 0.4) is 0 Å². The Bertz CT molecular complexity index is 240. The van der Waals surface area contributed by atoms with Crippen LogP contribution in [-0.4, -0.2) is 38.0 Å². The Hall–Kier alpha value is -0.120. The minimum Gasteiger partial charge on any atom is -0.385 e. The standard InChI is InChI=1S/C16H33NO2/c1-14-7-9-16(10-8-14,13-17-15(2,3)4)19-12-6-11-18-5/h14,17H,6-13H2,1-5H3. The quantitative estimate of drug-likeness (QED) is 0.720. The zero-order valence-corrected chi connectivity index (χ0v) is 13.6. The Balaban J connectivity index is 2.47. The highest BCUT2D eigenvalue weighted by Crippen LogP contribution is 2.34. The third-order valence-electron chi connectivity index (χ3n) is 4.03. The number of methoxy groups -OCH3 is 1. The molecule has 0 bridgehead atoms. The molecule has 1 aliphatic rings. The van der Waals surface area contributed by atoms with E-state index in [1.807, 2.05) is 0 Å². The highest BCUT2D eigenvalue weighted by molar-refractivity contribution is 4.90. The lowest BCUT2D eigenvalue weighted by molar-refractivity contribution is -0.0817. The molecule has 0 amide bonds. The van der Waals surface area contributed by atoms with Crippen LogP contribution >= 0.6 is 0 Å². The molecule has 1 aliphatic carbocycles. The van der Waals surface area contributed by atoms with Crippen molar-refractivity contribution in [3.8, 4) is 0 Å². The summed E-state index contributed by atoms with van der Waals surface area (Å²) in [6, 6.07) is 0. The van der Waals surface area contributed by atoms with Crippen LogP contribution in [0.15, 0.2) is 0 Å². The average Bonchev–Trinajstić information content (AvgIpc) is 2.35. The summed E-state index contributed by atoms with van der Waals surface area (Å²) in [4.78, 5) is 0. The molecule has 1 N–H and O–H groups in total. The summed E-state index contributed by atoms with van der Waals surface area (Å²) in [5, 5.41) is 3.63. The molecule has 0 radical (unpaired) electrons. The van der Waals surface area contributed by atoms with Gasteiger partial charge in [0.05, 0.1) is 5.60 Å². The largest absolute Gasteiger partial charge is 0.385 e. The van der Waals surface area contributed by atoms with Crippen LogP contribution in [0.2, 0.25) is 0 Å². The minimum absolute atomic E-state index is 0.0491. The Labute approximate surface area is 119 Å². The molecule has 1 rings (SSSR count). The van der Waals surface area contributed by atoms with E-state index in [1.54, 1.807) is 7.11 Å². The minimum atomic E-state index is 0.0491. The lowest BCUT2D eigenvalue weighted by Gasteiger charge is -2.41. The Morgan fingerprint density at radius 3 is 2.32 bits per heavy atom. The summed E-state index contributed by atoms with van der Waals surface area (Å²) in [5.41, 5.74) is 0.208. The Kier molecular flexibility index (Phi) is 6.78. The van der Waals surface area contributed by atoms with E-state index in [0.717, 1.165) is 32.1 Å². The van der Waals surface area contributed by atoms with Crippen molar-refractivity contribution >= 4 is 0 Å². The van der Waals surface area contributed by atoms with E-state index in [-0.39, 0.29) is 11.1 Å². The van der Waals surface area contributed by atoms with E-state index >= 15 is 0 Å². The molecule has 0 heterocycles. The SMILES string of the molecule is COCCCOC1(CNC(C)(C)C)CCC(C)CC1. The number of nitrogens with one attached hydrogen (secondary N) is 1. The van der Waals surface area contributed by atoms with Crippen molar-refractivity contribution in [3.63, 3.8) is 0 Å². The topological polar surface area (TPSA) is 30.5 Å². The Morgan fingerprint density at radius 1 is 1.16 bits per heavy atom. The van der Waals surface area contributed by atoms with Gasteiger partial charge in [0, 0.05) is 32.4 Å². The summed E-state index contributed by atoms with van der Waals surface area (Å²) in [6.07, 6.45) is 5.93. The second-order valence-electron chi connectivity index (χ2n) is 7.16. The number of rotatable bonds is 7. The van der Waals surface area contributed by atoms with Gasteiger partial charge in [-0.25, -0.2) is 0 Å². The normalized spacial score (nSPS) is 28.6. The van der Waals surface area contributed by atoms with Crippen LogP contribution in [0.1, 0.15) is 59.8 Å². The van der Waals surface area contributed by atoms with Gasteiger partial charge in [-0.05, 0) is 58.8 Å². The smallest absolute Gasteiger partial charge is 0.0806 e. The van der Waals surface area contributed by atoms with Gasteiger partial charge < -0.3 is 14.8 Å². The first-order valence-electron chi connectivity index (χ1n) is 7.75. The van der Waals surface area contributed by atoms with Crippen LogP contribution in [0.4, 0.5) is 0 Å². The van der Waals surface area contributed by atoms with Gasteiger partial charge in [-0.2, -0.15) is 0 Å². The van der Waals surface area contributed by atoms with Crippen molar-refractivity contribution in [2.24, 2.45) is 5.92 Å². The van der Waals surface area contributed by atoms with Gasteiger partial charge in [-0.3, -0.25) is 0 Å². The highest BCUT2D eigenvalue weighted by Gasteiger charge is 2.35. The van der Waals surface area contributed by atoms with Crippen LogP contribution < -0.4 is 5.32 Å². The van der Waals surface area contributed by atoms with E-state index in [0.29, 0.717) is 0 Å². The summed E-state index contributed by atoms with van der Waals surface area (Å²) in [7, 11) is 1.75. The predicted octanol–water partition coefficient (Wildman–Crippen LogP) is 3.38. The van der Waals surface area contributed by atoms with Crippen molar-refractivity contribution in [1.29, 1.82) is 0 Å². The molecular formula is C16H33NO2. The van der Waals surface area contributed by atoms with Crippen molar-refractivity contribution in [3.05, 3.63) is 0 Å². The monoisotopic (exact) mass is 271 g/mol. The summed E-state index contributed by atoms with van der Waals surface area (Å²) in [6.45, 7) is 11.6. The summed E-state index contributed by atoms with van der Waals surface area (Å²) < 4.78 is 11.4. The fraction of sp³-hybridized carbons (Fsp3) is 1.00. The maximum Gasteiger partial charge on any atom is 0.0806 e. The first-order valence-corrected chi connectivity index (χ1v) is 7.75. The van der Waals surface area contributed by atoms with Crippen LogP contribution in [-0.2, 0) is 9.47 Å². The summed E-state index contributed by atoms with van der Waals surface area (Å²) in [5.74, 6) is 0.852. The molecule has 0 aliphatic heterocycles. The van der Waals surface area contributed by atoms with Gasteiger partial charge in [0.2, 0.25) is 0 Å². The van der Waals surface area contributed by atoms with Crippen molar-refractivity contribution in [2.75, 3.05) is 26.9 Å². The molecule has 19 heavy (non-hydrogen) atoms. The zero-order chi connectivity index (χ0) is 14.4. The molecule has 0 aromatic carbocycles. The molecule has 0 atom stereocenters. The molecule has 0 spiro atoms. The van der Waals surface area contributed by atoms with Crippen LogP contribution in [0, 0.1) is 5.92 Å². The van der Waals surface area contributed by atoms with E-state index in [2.05, 4.69) is 33.0 Å². The fourth-order valence-corrected chi connectivity index (χ4v) is 2.58. The molecule has 0 aromatic rings. The second-order valence-corrected chi connectivity index (χ2v) is 7.16. The van der Waals surface area contributed by atoms with Crippen molar-refractivity contribution in [1.82, 2.24) is 5.32 Å². The molecule has 0 unspecified atom stereocenters. The van der Waals surface area contributed by atoms with Gasteiger partial charge in [0.25, 0.3) is 0 Å². The lowest BCUT2D eigenvalue weighted by Crippen LogP contribution is -2.51. The van der Waals surface area contributed by atoms with E-state index in [4.69, 9.17) is 9.47 Å². The van der Waals surface area contributed by atoms with Gasteiger partial charge in [0.1, 0.15) is 0 Å². The fourth-order valence-electron chi connectivity index (χ4n) is 2.58. The second kappa shape index (κ2) is 7.61. The molecule has 114 valence electrons. The van der Waals surface area contributed by atoms with E-state index in [1.165, 1.54) is 25.7 Å². The van der Waals surface area contributed by atoms with Gasteiger partial charge in [0.15, 0.2) is 0 Å². The first kappa shape index (κ1) is 16.9. The molecule has 0 saturated heterocycles. The first-order chi connectivity index (χ1) is 8.87. The molecule has 1 saturated carbocycles. The molecule has 1 fully saturated rings. The van der Waals surface area contributed by atoms with E-state index < -0.39 is 0 Å². The van der Waals surface area contributed by atoms with E-state index in [9.17, 15) is 0 Å². The number of ether oxygens (including phenoxy) is 2. The molecule has 3 nitrogen and oxygen atoms in total. The third-order valence-corrected chi connectivity index (χ3v) is 4.03. The van der Waals surface area contributed by atoms with Crippen LogP contribution in [0.25, 0.3) is 0 Å². The van der Waals surface area contributed by atoms with Crippen molar-refractivity contribution < 1.29 is 9.47 Å². The highest BCUT2D eigenvalue weighted by atomic mass is 16.5. The van der Waals surface area contributed by atoms with Gasteiger partial charge in [-0.1, -0.05) is 6.92 Å². The molecule has 3 heteroatoms. The number of hydrogen-bond donors (Lipinski definition) is 1. The molecule has 0 aromatic heterocycles.